The molecule has 0 saturated carbocycles. The summed E-state index contributed by atoms with van der Waals surface area (Å²) in [6.45, 7) is 9.81. The van der Waals surface area contributed by atoms with Crippen molar-refractivity contribution >= 4 is 17.7 Å². The number of nitrogens with one attached hydrogen (secondary N) is 2. The van der Waals surface area contributed by atoms with Crippen LogP contribution in [0.5, 0.6) is 11.5 Å². The van der Waals surface area contributed by atoms with Gasteiger partial charge in [0.1, 0.15) is 0 Å². The SMILES string of the molecule is CCOc1cc(CNCCCSc2nnnn2C)ccc1OCC(=O)NC(C)(C)C. The molecule has 9 nitrogen and oxygen atoms in total. The van der Waals surface area contributed by atoms with Gasteiger partial charge in [-0.15, -0.1) is 5.10 Å². The van der Waals surface area contributed by atoms with Gasteiger partial charge in [0, 0.05) is 24.9 Å². The molecule has 0 fully saturated rings. The predicted molar refractivity (Wildman–Crippen MR) is 117 cm³/mol. The first-order chi connectivity index (χ1) is 14.3. The number of carbonyl (C=O) groups excluding carboxylic acids is 1. The molecule has 2 N–H and O–H groups in total. The summed E-state index contributed by atoms with van der Waals surface area (Å²) in [6, 6.07) is 5.78. The van der Waals surface area contributed by atoms with Gasteiger partial charge < -0.3 is 20.1 Å². The second kappa shape index (κ2) is 11.8. The van der Waals surface area contributed by atoms with Gasteiger partial charge in [0.15, 0.2) is 18.1 Å². The maximum atomic E-state index is 12.0. The summed E-state index contributed by atoms with van der Waals surface area (Å²) in [5, 5.41) is 18.5. The second-order valence-electron chi connectivity index (χ2n) is 7.76. The third-order valence-corrected chi connectivity index (χ3v) is 4.92. The summed E-state index contributed by atoms with van der Waals surface area (Å²) >= 11 is 1.64. The van der Waals surface area contributed by atoms with Gasteiger partial charge in [-0.1, -0.05) is 17.8 Å². The Bertz CT molecular complexity index is 806. The Balaban J connectivity index is 1.77. The summed E-state index contributed by atoms with van der Waals surface area (Å²) < 4.78 is 13.0. The van der Waals surface area contributed by atoms with E-state index >= 15 is 0 Å². The van der Waals surface area contributed by atoms with E-state index in [1.54, 1.807) is 16.4 Å². The molecular formula is C20H32N6O3S. The minimum Gasteiger partial charge on any atom is -0.490 e. The van der Waals surface area contributed by atoms with Crippen LogP contribution in [0.1, 0.15) is 39.7 Å². The first-order valence-corrected chi connectivity index (χ1v) is 11.0. The fraction of sp³-hybridized carbons (Fsp3) is 0.600. The maximum Gasteiger partial charge on any atom is 0.258 e. The van der Waals surface area contributed by atoms with Crippen LogP contribution in [0.2, 0.25) is 0 Å². The molecule has 166 valence electrons. The molecule has 1 amide bonds. The van der Waals surface area contributed by atoms with Crippen molar-refractivity contribution in [3.05, 3.63) is 23.8 Å². The van der Waals surface area contributed by atoms with Crippen molar-refractivity contribution in [1.82, 2.24) is 30.8 Å². The van der Waals surface area contributed by atoms with Gasteiger partial charge in [0.25, 0.3) is 5.91 Å². The molecule has 1 aromatic carbocycles. The van der Waals surface area contributed by atoms with Crippen LogP contribution in [0.3, 0.4) is 0 Å². The highest BCUT2D eigenvalue weighted by Gasteiger charge is 2.15. The monoisotopic (exact) mass is 436 g/mol. The van der Waals surface area contributed by atoms with Gasteiger partial charge in [-0.25, -0.2) is 4.68 Å². The quantitative estimate of drug-likeness (QED) is 0.385. The van der Waals surface area contributed by atoms with Crippen LogP contribution in [0.4, 0.5) is 0 Å². The molecular weight excluding hydrogens is 404 g/mol. The third-order valence-electron chi connectivity index (χ3n) is 3.82. The largest absolute Gasteiger partial charge is 0.490 e. The molecule has 2 rings (SSSR count). The van der Waals surface area contributed by atoms with Gasteiger partial charge in [-0.2, -0.15) is 0 Å². The predicted octanol–water partition coefficient (Wildman–Crippen LogP) is 2.17. The number of carbonyl (C=O) groups is 1. The van der Waals surface area contributed by atoms with Crippen molar-refractivity contribution in [2.24, 2.45) is 7.05 Å². The molecule has 0 aliphatic carbocycles. The van der Waals surface area contributed by atoms with E-state index < -0.39 is 0 Å². The van der Waals surface area contributed by atoms with Gasteiger partial charge in [-0.3, -0.25) is 4.79 Å². The first-order valence-electron chi connectivity index (χ1n) is 10.0. The van der Waals surface area contributed by atoms with Crippen LogP contribution in [0, 0.1) is 0 Å². The Morgan fingerprint density at radius 2 is 2.03 bits per heavy atom. The molecule has 0 saturated heterocycles. The lowest BCUT2D eigenvalue weighted by Crippen LogP contribution is -2.43. The molecule has 0 bridgehead atoms. The Morgan fingerprint density at radius 3 is 2.70 bits per heavy atom. The van der Waals surface area contributed by atoms with Crippen LogP contribution >= 0.6 is 11.8 Å². The topological polar surface area (TPSA) is 103 Å². The molecule has 0 atom stereocenters. The number of amides is 1. The standard InChI is InChI=1S/C20H32N6O3S/c1-6-28-17-12-15(8-9-16(17)29-14-18(27)22-20(2,3)4)13-21-10-7-11-30-19-23-24-25-26(19)5/h8-9,12,21H,6-7,10-11,13-14H2,1-5H3,(H,22,27). The molecule has 1 heterocycles. The minimum absolute atomic E-state index is 0.0480. The zero-order chi connectivity index (χ0) is 22.0. The number of hydrogen-bond donors (Lipinski definition) is 2. The van der Waals surface area contributed by atoms with Crippen LogP contribution in [-0.4, -0.2) is 57.2 Å². The van der Waals surface area contributed by atoms with Crippen molar-refractivity contribution in [1.29, 1.82) is 0 Å². The highest BCUT2D eigenvalue weighted by molar-refractivity contribution is 7.99. The fourth-order valence-corrected chi connectivity index (χ4v) is 3.37. The fourth-order valence-electron chi connectivity index (χ4n) is 2.58. The molecule has 0 spiro atoms. The van der Waals surface area contributed by atoms with Crippen LogP contribution in [-0.2, 0) is 18.4 Å². The van der Waals surface area contributed by atoms with Crippen molar-refractivity contribution in [2.45, 2.75) is 51.4 Å². The number of nitrogens with zero attached hydrogens (tertiary/aromatic N) is 4. The summed E-state index contributed by atoms with van der Waals surface area (Å²) in [7, 11) is 1.83. The third kappa shape index (κ3) is 8.58. The van der Waals surface area contributed by atoms with E-state index in [4.69, 9.17) is 9.47 Å². The number of benzene rings is 1. The number of ether oxygens (including phenoxy) is 2. The average Bonchev–Trinajstić information content (AvgIpc) is 3.07. The van der Waals surface area contributed by atoms with E-state index in [9.17, 15) is 4.79 Å². The zero-order valence-electron chi connectivity index (χ0n) is 18.4. The van der Waals surface area contributed by atoms with Crippen molar-refractivity contribution in [3.63, 3.8) is 0 Å². The molecule has 0 radical (unpaired) electrons. The number of rotatable bonds is 12. The zero-order valence-corrected chi connectivity index (χ0v) is 19.2. The van der Waals surface area contributed by atoms with E-state index in [2.05, 4.69) is 26.2 Å². The van der Waals surface area contributed by atoms with Crippen molar-refractivity contribution in [2.75, 3.05) is 25.5 Å². The Hall–Kier alpha value is -2.33. The van der Waals surface area contributed by atoms with E-state index in [1.807, 2.05) is 52.9 Å². The lowest BCUT2D eigenvalue weighted by atomic mass is 10.1. The lowest BCUT2D eigenvalue weighted by molar-refractivity contribution is -0.124. The number of thioether (sulfide) groups is 1. The Labute approximate surface area is 182 Å². The van der Waals surface area contributed by atoms with Gasteiger partial charge in [0.2, 0.25) is 5.16 Å². The van der Waals surface area contributed by atoms with E-state index in [1.165, 1.54) is 0 Å². The maximum absolute atomic E-state index is 12.0. The number of aryl methyl sites for hydroxylation is 1. The van der Waals surface area contributed by atoms with Crippen LogP contribution in [0.25, 0.3) is 0 Å². The lowest BCUT2D eigenvalue weighted by Gasteiger charge is -2.21. The van der Waals surface area contributed by atoms with Gasteiger partial charge in [-0.05, 0) is 68.8 Å². The molecule has 0 unspecified atom stereocenters. The second-order valence-corrected chi connectivity index (χ2v) is 8.83. The Kier molecular flexibility index (Phi) is 9.38. The minimum atomic E-state index is -0.289. The molecule has 1 aromatic heterocycles. The van der Waals surface area contributed by atoms with Crippen molar-refractivity contribution in [3.8, 4) is 11.5 Å². The number of hydrogen-bond acceptors (Lipinski definition) is 8. The van der Waals surface area contributed by atoms with Crippen LogP contribution in [0.15, 0.2) is 23.4 Å². The van der Waals surface area contributed by atoms with E-state index in [0.29, 0.717) is 18.1 Å². The Morgan fingerprint density at radius 1 is 1.23 bits per heavy atom. The normalized spacial score (nSPS) is 11.4. The highest BCUT2D eigenvalue weighted by atomic mass is 32.2. The van der Waals surface area contributed by atoms with Crippen molar-refractivity contribution < 1.29 is 14.3 Å². The smallest absolute Gasteiger partial charge is 0.258 e. The first kappa shape index (κ1) is 23.9. The highest BCUT2D eigenvalue weighted by Crippen LogP contribution is 2.28. The molecule has 0 aliphatic rings. The van der Waals surface area contributed by atoms with Gasteiger partial charge in [0.05, 0.1) is 6.61 Å². The molecule has 10 heteroatoms. The summed E-state index contributed by atoms with van der Waals surface area (Å²) in [5.41, 5.74) is 0.803. The van der Waals surface area contributed by atoms with E-state index in [0.717, 1.165) is 36.0 Å². The van der Waals surface area contributed by atoms with Crippen LogP contribution < -0.4 is 20.1 Å². The number of aromatic nitrogens is 4. The van der Waals surface area contributed by atoms with Gasteiger partial charge >= 0.3 is 0 Å². The molecule has 30 heavy (non-hydrogen) atoms. The number of tetrazole rings is 1. The average molecular weight is 437 g/mol. The molecule has 2 aromatic rings. The summed E-state index contributed by atoms with van der Waals surface area (Å²) in [4.78, 5) is 12.0. The van der Waals surface area contributed by atoms with E-state index in [-0.39, 0.29) is 18.1 Å². The summed E-state index contributed by atoms with van der Waals surface area (Å²) in [5.74, 6) is 1.99. The molecule has 0 aliphatic heterocycles. The summed E-state index contributed by atoms with van der Waals surface area (Å²) in [6.07, 6.45) is 1.000.